The Kier molecular flexibility index (Phi) is 6.02. The van der Waals surface area contributed by atoms with E-state index in [0.29, 0.717) is 11.8 Å². The van der Waals surface area contributed by atoms with Gasteiger partial charge >= 0.3 is 6.09 Å². The summed E-state index contributed by atoms with van der Waals surface area (Å²) in [5.41, 5.74) is 0.321. The SMILES string of the molecule is CCc1ccc([C@H]2[C@H](S(=O)(=O)c3ccc(C)cc3)[C@@]2(C=O)NC(=O)OC(C)(C)C)cc1. The van der Waals surface area contributed by atoms with Crippen molar-refractivity contribution in [3.05, 3.63) is 65.2 Å². The van der Waals surface area contributed by atoms with Gasteiger partial charge in [-0.25, -0.2) is 13.2 Å². The maximum atomic E-state index is 13.5. The standard InChI is InChI=1S/C24H29NO5S/c1-6-17-9-11-18(12-10-17)20-21(31(28,29)19-13-7-16(2)8-14-19)24(20,15-26)25-22(27)30-23(3,4)5/h7-15,20-21H,6H2,1-5H3,(H,25,27)/t20-,21-,24-/m0/s1. The lowest BCUT2D eigenvalue weighted by Gasteiger charge is -2.22. The van der Waals surface area contributed by atoms with E-state index in [0.717, 1.165) is 17.5 Å². The molecule has 0 aliphatic heterocycles. The van der Waals surface area contributed by atoms with Crippen LogP contribution in [-0.2, 0) is 25.8 Å². The molecular weight excluding hydrogens is 414 g/mol. The smallest absolute Gasteiger partial charge is 0.408 e. The minimum atomic E-state index is -3.91. The molecule has 1 aliphatic carbocycles. The topological polar surface area (TPSA) is 89.5 Å². The molecule has 6 nitrogen and oxygen atoms in total. The van der Waals surface area contributed by atoms with Crippen molar-refractivity contribution < 1.29 is 22.7 Å². The van der Waals surface area contributed by atoms with Gasteiger partial charge in [0.05, 0.1) is 4.90 Å². The van der Waals surface area contributed by atoms with E-state index >= 15 is 0 Å². The van der Waals surface area contributed by atoms with Gasteiger partial charge in [-0.1, -0.05) is 48.9 Å². The Hall–Kier alpha value is -2.67. The summed E-state index contributed by atoms with van der Waals surface area (Å²) >= 11 is 0. The minimum absolute atomic E-state index is 0.119. The van der Waals surface area contributed by atoms with E-state index in [1.165, 1.54) is 12.1 Å². The van der Waals surface area contributed by atoms with Crippen molar-refractivity contribution in [1.29, 1.82) is 0 Å². The molecule has 1 aliphatic rings. The van der Waals surface area contributed by atoms with Gasteiger partial charge in [0, 0.05) is 5.92 Å². The minimum Gasteiger partial charge on any atom is -0.444 e. The molecule has 7 heteroatoms. The lowest BCUT2D eigenvalue weighted by molar-refractivity contribution is -0.110. The molecule has 0 saturated heterocycles. The van der Waals surface area contributed by atoms with Crippen molar-refractivity contribution in [3.8, 4) is 0 Å². The molecule has 1 N–H and O–H groups in total. The van der Waals surface area contributed by atoms with Crippen molar-refractivity contribution >= 4 is 22.2 Å². The fraction of sp³-hybridized carbons (Fsp3) is 0.417. The quantitative estimate of drug-likeness (QED) is 0.683. The van der Waals surface area contributed by atoms with Crippen LogP contribution in [0.4, 0.5) is 4.79 Å². The van der Waals surface area contributed by atoms with Gasteiger partial charge < -0.3 is 14.8 Å². The van der Waals surface area contributed by atoms with Crippen LogP contribution in [0.15, 0.2) is 53.4 Å². The predicted molar refractivity (Wildman–Crippen MR) is 119 cm³/mol. The number of sulfone groups is 1. The molecule has 1 saturated carbocycles. The van der Waals surface area contributed by atoms with E-state index in [2.05, 4.69) is 5.32 Å². The number of aryl methyl sites for hydroxylation is 2. The van der Waals surface area contributed by atoms with Crippen molar-refractivity contribution in [2.75, 3.05) is 0 Å². The summed E-state index contributed by atoms with van der Waals surface area (Å²) in [6, 6.07) is 14.0. The molecule has 0 bridgehead atoms. The van der Waals surface area contributed by atoms with E-state index in [1.807, 2.05) is 38.1 Å². The van der Waals surface area contributed by atoms with Crippen LogP contribution >= 0.6 is 0 Å². The highest BCUT2D eigenvalue weighted by atomic mass is 32.2. The molecule has 0 radical (unpaired) electrons. The zero-order valence-corrected chi connectivity index (χ0v) is 19.3. The molecular formula is C24H29NO5S. The Balaban J connectivity index is 2.04. The van der Waals surface area contributed by atoms with Crippen LogP contribution < -0.4 is 5.32 Å². The Bertz CT molecular complexity index is 1070. The zero-order valence-electron chi connectivity index (χ0n) is 18.5. The zero-order chi connectivity index (χ0) is 23.0. The fourth-order valence-electron chi connectivity index (χ4n) is 3.90. The molecule has 1 amide bonds. The number of aldehydes is 1. The van der Waals surface area contributed by atoms with Crippen LogP contribution in [0.25, 0.3) is 0 Å². The number of hydrogen-bond donors (Lipinski definition) is 1. The Morgan fingerprint density at radius 2 is 1.68 bits per heavy atom. The van der Waals surface area contributed by atoms with Crippen LogP contribution in [-0.4, -0.2) is 37.2 Å². The fourth-order valence-corrected chi connectivity index (χ4v) is 6.14. The molecule has 1 fully saturated rings. The first kappa shape index (κ1) is 23.0. The van der Waals surface area contributed by atoms with E-state index in [-0.39, 0.29) is 4.90 Å². The highest BCUT2D eigenvalue weighted by Gasteiger charge is 2.73. The third-order valence-electron chi connectivity index (χ3n) is 5.52. The average Bonchev–Trinajstić information content (AvgIpc) is 3.36. The van der Waals surface area contributed by atoms with Crippen molar-refractivity contribution in [3.63, 3.8) is 0 Å². The summed E-state index contributed by atoms with van der Waals surface area (Å²) in [7, 11) is -3.91. The summed E-state index contributed by atoms with van der Waals surface area (Å²) in [6.45, 7) is 9.00. The summed E-state index contributed by atoms with van der Waals surface area (Å²) < 4.78 is 32.3. The predicted octanol–water partition coefficient (Wildman–Crippen LogP) is 3.96. The second-order valence-corrected chi connectivity index (χ2v) is 11.1. The molecule has 3 rings (SSSR count). The maximum absolute atomic E-state index is 13.5. The highest BCUT2D eigenvalue weighted by Crippen LogP contribution is 2.56. The van der Waals surface area contributed by atoms with Gasteiger partial charge in [0.25, 0.3) is 0 Å². The molecule has 31 heavy (non-hydrogen) atoms. The van der Waals surface area contributed by atoms with Gasteiger partial charge in [0.15, 0.2) is 9.84 Å². The number of benzene rings is 2. The number of amides is 1. The van der Waals surface area contributed by atoms with E-state index in [1.54, 1.807) is 32.9 Å². The summed E-state index contributed by atoms with van der Waals surface area (Å²) in [5, 5.41) is 1.45. The number of ether oxygens (including phenoxy) is 1. The summed E-state index contributed by atoms with van der Waals surface area (Å²) in [4.78, 5) is 24.9. The van der Waals surface area contributed by atoms with E-state index in [4.69, 9.17) is 4.74 Å². The first-order chi connectivity index (χ1) is 14.4. The van der Waals surface area contributed by atoms with Gasteiger partial charge in [-0.3, -0.25) is 0 Å². The average molecular weight is 444 g/mol. The van der Waals surface area contributed by atoms with Gasteiger partial charge in [-0.2, -0.15) is 0 Å². The molecule has 2 aromatic rings. The monoisotopic (exact) mass is 443 g/mol. The van der Waals surface area contributed by atoms with Crippen molar-refractivity contribution in [2.45, 2.75) is 68.2 Å². The van der Waals surface area contributed by atoms with Crippen LogP contribution in [0.1, 0.15) is 50.3 Å². The summed E-state index contributed by atoms with van der Waals surface area (Å²) in [5.74, 6) is -0.713. The third-order valence-corrected chi connectivity index (χ3v) is 7.78. The molecule has 0 spiro atoms. The second kappa shape index (κ2) is 8.11. The van der Waals surface area contributed by atoms with Crippen molar-refractivity contribution in [1.82, 2.24) is 5.32 Å². The molecule has 166 valence electrons. The number of hydrogen-bond acceptors (Lipinski definition) is 5. The van der Waals surface area contributed by atoms with Gasteiger partial charge in [0.1, 0.15) is 22.7 Å². The first-order valence-electron chi connectivity index (χ1n) is 10.3. The molecule has 3 atom stereocenters. The molecule has 0 aromatic heterocycles. The number of carbonyl (C=O) groups is 2. The second-order valence-electron chi connectivity index (χ2n) is 9.03. The van der Waals surface area contributed by atoms with Gasteiger partial charge in [-0.15, -0.1) is 0 Å². The summed E-state index contributed by atoms with van der Waals surface area (Å²) in [6.07, 6.45) is 0.549. The molecule has 0 heterocycles. The first-order valence-corrected chi connectivity index (χ1v) is 11.9. The van der Waals surface area contributed by atoms with Crippen LogP contribution in [0, 0.1) is 6.92 Å². The van der Waals surface area contributed by atoms with Crippen LogP contribution in [0.5, 0.6) is 0 Å². The normalized spacial score (nSPS) is 23.1. The Morgan fingerprint density at radius 3 is 2.16 bits per heavy atom. The Labute approximate surface area is 183 Å². The van der Waals surface area contributed by atoms with E-state index in [9.17, 15) is 18.0 Å². The number of rotatable bonds is 6. The van der Waals surface area contributed by atoms with Crippen LogP contribution in [0.3, 0.4) is 0 Å². The lowest BCUT2D eigenvalue weighted by atomic mass is 10.0. The Morgan fingerprint density at radius 1 is 1.10 bits per heavy atom. The molecule has 0 unspecified atom stereocenters. The number of nitrogens with one attached hydrogen (secondary N) is 1. The van der Waals surface area contributed by atoms with Crippen LogP contribution in [0.2, 0.25) is 0 Å². The molecule has 2 aromatic carbocycles. The lowest BCUT2D eigenvalue weighted by Crippen LogP contribution is -2.45. The van der Waals surface area contributed by atoms with Gasteiger partial charge in [0.2, 0.25) is 0 Å². The largest absolute Gasteiger partial charge is 0.444 e. The number of carbonyl (C=O) groups excluding carboxylic acids is 2. The van der Waals surface area contributed by atoms with Gasteiger partial charge in [-0.05, 0) is 57.4 Å². The third kappa shape index (κ3) is 4.51. The van der Waals surface area contributed by atoms with Crippen molar-refractivity contribution in [2.24, 2.45) is 0 Å². The number of alkyl carbamates (subject to hydrolysis) is 1. The maximum Gasteiger partial charge on any atom is 0.408 e. The van der Waals surface area contributed by atoms with E-state index < -0.39 is 38.2 Å². The highest BCUT2D eigenvalue weighted by molar-refractivity contribution is 7.92.